The second kappa shape index (κ2) is 10.4. The van der Waals surface area contributed by atoms with E-state index in [1.54, 1.807) is 47.5 Å². The molecule has 0 radical (unpaired) electrons. The minimum absolute atomic E-state index is 0.173. The van der Waals surface area contributed by atoms with Gasteiger partial charge in [-0.25, -0.2) is 14.8 Å². The van der Waals surface area contributed by atoms with E-state index in [0.717, 1.165) is 12.1 Å². The van der Waals surface area contributed by atoms with E-state index >= 15 is 0 Å². The molecule has 2 aromatic heterocycles. The van der Waals surface area contributed by atoms with E-state index in [2.05, 4.69) is 10.3 Å². The zero-order valence-electron chi connectivity index (χ0n) is 21.4. The fourth-order valence-corrected chi connectivity index (χ4v) is 4.54. The smallest absolute Gasteiger partial charge is 0.416 e. The van der Waals surface area contributed by atoms with Crippen LogP contribution in [0.2, 0.25) is 0 Å². The molecule has 3 heterocycles. The van der Waals surface area contributed by atoms with E-state index in [-0.39, 0.29) is 12.6 Å². The van der Waals surface area contributed by atoms with Crippen molar-refractivity contribution in [2.75, 3.05) is 28.7 Å². The quantitative estimate of drug-likeness (QED) is 0.325. The van der Waals surface area contributed by atoms with Crippen LogP contribution in [-0.4, -0.2) is 35.6 Å². The van der Waals surface area contributed by atoms with Crippen LogP contribution in [0, 0.1) is 0 Å². The molecule has 1 atom stereocenters. The van der Waals surface area contributed by atoms with Crippen LogP contribution in [0.5, 0.6) is 0 Å². The third kappa shape index (κ3) is 5.44. The van der Waals surface area contributed by atoms with Gasteiger partial charge in [-0.2, -0.15) is 13.2 Å². The second-order valence-corrected chi connectivity index (χ2v) is 9.38. The molecule has 5 rings (SSSR count). The molecule has 2 amide bonds. The van der Waals surface area contributed by atoms with E-state index in [9.17, 15) is 18.0 Å². The average Bonchev–Trinajstić information content (AvgIpc) is 3.37. The van der Waals surface area contributed by atoms with Gasteiger partial charge in [0.1, 0.15) is 0 Å². The number of nitrogens with zero attached hydrogens (tertiary/aromatic N) is 4. The molecule has 11 heteroatoms. The third-order valence-corrected chi connectivity index (χ3v) is 6.65. The molecule has 1 aliphatic rings. The number of benzene rings is 2. The van der Waals surface area contributed by atoms with Crippen LogP contribution in [0.15, 0.2) is 71.3 Å². The number of carbonyl (C=O) groups excluding carboxylic acids is 1. The highest BCUT2D eigenvalue weighted by molar-refractivity contribution is 6.04. The molecule has 0 fully saturated rings. The second-order valence-electron chi connectivity index (χ2n) is 9.38. The van der Waals surface area contributed by atoms with Crippen molar-refractivity contribution in [1.82, 2.24) is 9.97 Å². The molecule has 4 aromatic rings. The number of urea groups is 1. The Balaban J connectivity index is 1.49. The first-order valence-electron chi connectivity index (χ1n) is 12.4. The molecule has 3 N–H and O–H groups in total. The molecule has 0 bridgehead atoms. The summed E-state index contributed by atoms with van der Waals surface area (Å²) in [6.45, 7) is 2.76. The average molecular weight is 537 g/mol. The van der Waals surface area contributed by atoms with Crippen LogP contribution < -0.4 is 20.9 Å². The van der Waals surface area contributed by atoms with Crippen LogP contribution in [0.4, 0.5) is 35.2 Å². The van der Waals surface area contributed by atoms with Gasteiger partial charge in [0, 0.05) is 36.4 Å². The van der Waals surface area contributed by atoms with Crippen molar-refractivity contribution in [1.29, 1.82) is 0 Å². The number of aromatic nitrogens is 2. The van der Waals surface area contributed by atoms with E-state index in [4.69, 9.17) is 15.1 Å². The van der Waals surface area contributed by atoms with Gasteiger partial charge in [-0.3, -0.25) is 4.90 Å². The number of rotatable bonds is 4. The van der Waals surface area contributed by atoms with Crippen LogP contribution in [0.3, 0.4) is 0 Å². The molecule has 39 heavy (non-hydrogen) atoms. The van der Waals surface area contributed by atoms with Crippen molar-refractivity contribution in [2.45, 2.75) is 32.1 Å². The maximum atomic E-state index is 13.7. The van der Waals surface area contributed by atoms with E-state index < -0.39 is 17.8 Å². The maximum Gasteiger partial charge on any atom is 0.416 e. The molecule has 8 nitrogen and oxygen atoms in total. The summed E-state index contributed by atoms with van der Waals surface area (Å²) in [4.78, 5) is 26.1. The molecule has 202 valence electrons. The van der Waals surface area contributed by atoms with Crippen molar-refractivity contribution in [3.8, 4) is 22.6 Å². The minimum atomic E-state index is -4.48. The molecular weight excluding hydrogens is 509 g/mol. The van der Waals surface area contributed by atoms with Gasteiger partial charge in [0.05, 0.1) is 29.7 Å². The van der Waals surface area contributed by atoms with E-state index in [1.807, 2.05) is 24.9 Å². The predicted octanol–water partition coefficient (Wildman–Crippen LogP) is 6.15. The lowest BCUT2D eigenvalue weighted by Crippen LogP contribution is -2.42. The van der Waals surface area contributed by atoms with Crippen LogP contribution in [-0.2, 0) is 12.7 Å². The molecule has 2 aromatic carbocycles. The Kier molecular flexibility index (Phi) is 7.00. The van der Waals surface area contributed by atoms with Crippen molar-refractivity contribution in [2.24, 2.45) is 5.73 Å². The molecule has 1 aliphatic heterocycles. The fraction of sp³-hybridized carbons (Fsp3) is 0.250. The molecule has 0 unspecified atom stereocenters. The van der Waals surface area contributed by atoms with Gasteiger partial charge < -0.3 is 20.4 Å². The van der Waals surface area contributed by atoms with E-state index in [0.29, 0.717) is 58.6 Å². The van der Waals surface area contributed by atoms with Crippen LogP contribution in [0.1, 0.15) is 24.8 Å². The Morgan fingerprint density at radius 3 is 2.64 bits per heavy atom. The molecular formula is C28H27F3N6O2. The number of carbonyl (C=O) groups is 1. The number of nitrogens with two attached hydrogens (primary N) is 1. The van der Waals surface area contributed by atoms with Crippen LogP contribution in [0.25, 0.3) is 22.6 Å². The van der Waals surface area contributed by atoms with Crippen molar-refractivity contribution in [3.05, 3.63) is 78.3 Å². The Morgan fingerprint density at radius 1 is 1.13 bits per heavy atom. The highest BCUT2D eigenvalue weighted by Gasteiger charge is 2.32. The summed E-state index contributed by atoms with van der Waals surface area (Å²) in [5.74, 6) is 1.30. The Hall–Kier alpha value is -4.38. The largest absolute Gasteiger partial charge is 0.439 e. The van der Waals surface area contributed by atoms with Gasteiger partial charge in [-0.05, 0) is 49.7 Å². The number of fused-ring (bicyclic) bond motifs is 1. The Morgan fingerprint density at radius 2 is 1.90 bits per heavy atom. The normalized spacial score (nSPS) is 15.6. The number of oxazole rings is 1. The lowest BCUT2D eigenvalue weighted by molar-refractivity contribution is -0.137. The van der Waals surface area contributed by atoms with Gasteiger partial charge in [-0.15, -0.1) is 0 Å². The summed E-state index contributed by atoms with van der Waals surface area (Å²) >= 11 is 0. The number of alkyl halides is 3. The number of amides is 2. The molecule has 0 saturated heterocycles. The number of hydrogen-bond acceptors (Lipinski definition) is 6. The maximum absolute atomic E-state index is 13.7. The van der Waals surface area contributed by atoms with Crippen molar-refractivity contribution < 1.29 is 22.4 Å². The number of halogens is 3. The van der Waals surface area contributed by atoms with Gasteiger partial charge >= 0.3 is 12.2 Å². The standard InChI is InChI=1S/C28H27F3N6O2/c1-17-11-12-36(2)23-10-9-22(18-5-3-7-20(13-18)28(29,30)31)35-26(23)37(17)27(38)34-21-8-4-6-19(14-21)24-16-33-25(15-32)39-24/h3-10,13-14,16-17H,11-12,15,32H2,1-2H3,(H,34,38)/t17-/m1/s1. The van der Waals surface area contributed by atoms with Gasteiger partial charge in [0.25, 0.3) is 0 Å². The molecule has 0 aliphatic carbocycles. The Labute approximate surface area is 223 Å². The monoisotopic (exact) mass is 536 g/mol. The fourth-order valence-electron chi connectivity index (χ4n) is 4.54. The number of pyridine rings is 1. The minimum Gasteiger partial charge on any atom is -0.439 e. The van der Waals surface area contributed by atoms with Gasteiger partial charge in [0.15, 0.2) is 11.6 Å². The topological polar surface area (TPSA) is 101 Å². The summed E-state index contributed by atoms with van der Waals surface area (Å²) in [7, 11) is 1.90. The first-order chi connectivity index (χ1) is 18.6. The van der Waals surface area contributed by atoms with Gasteiger partial charge in [-0.1, -0.05) is 24.3 Å². The summed E-state index contributed by atoms with van der Waals surface area (Å²) in [6, 6.07) is 15.0. The Bertz CT molecular complexity index is 1500. The van der Waals surface area contributed by atoms with E-state index in [1.165, 1.54) is 6.07 Å². The summed E-state index contributed by atoms with van der Waals surface area (Å²) in [6.07, 6.45) is -2.24. The summed E-state index contributed by atoms with van der Waals surface area (Å²) < 4.78 is 45.6. The lowest BCUT2D eigenvalue weighted by atomic mass is 10.1. The lowest BCUT2D eigenvalue weighted by Gasteiger charge is -2.28. The summed E-state index contributed by atoms with van der Waals surface area (Å²) in [5.41, 5.74) is 7.43. The van der Waals surface area contributed by atoms with Crippen LogP contribution >= 0.6 is 0 Å². The highest BCUT2D eigenvalue weighted by atomic mass is 19.4. The first kappa shape index (κ1) is 26.2. The summed E-state index contributed by atoms with van der Waals surface area (Å²) in [5, 5.41) is 2.94. The SMILES string of the molecule is C[C@@H]1CCN(C)c2ccc(-c3cccc(C(F)(F)F)c3)nc2N1C(=O)Nc1cccc(-c2cnc(CN)o2)c1. The zero-order valence-corrected chi connectivity index (χ0v) is 21.4. The first-order valence-corrected chi connectivity index (χ1v) is 12.4. The van der Waals surface area contributed by atoms with Gasteiger partial charge in [0.2, 0.25) is 5.89 Å². The predicted molar refractivity (Wildman–Crippen MR) is 143 cm³/mol. The number of anilines is 3. The number of nitrogens with one attached hydrogen (secondary N) is 1. The molecule has 0 spiro atoms. The zero-order chi connectivity index (χ0) is 27.7. The number of hydrogen-bond donors (Lipinski definition) is 2. The highest BCUT2D eigenvalue weighted by Crippen LogP contribution is 2.37. The van der Waals surface area contributed by atoms with Crippen molar-refractivity contribution in [3.63, 3.8) is 0 Å². The molecule has 0 saturated carbocycles. The van der Waals surface area contributed by atoms with Crippen molar-refractivity contribution >= 4 is 23.2 Å². The third-order valence-electron chi connectivity index (χ3n) is 6.65.